The van der Waals surface area contributed by atoms with Gasteiger partial charge in [0.1, 0.15) is 0 Å². The first-order valence-corrected chi connectivity index (χ1v) is 11.6. The highest BCUT2D eigenvalue weighted by molar-refractivity contribution is 6.08. The van der Waals surface area contributed by atoms with Gasteiger partial charge < -0.3 is 18.8 Å². The predicted octanol–water partition coefficient (Wildman–Crippen LogP) is 4.48. The maximum atomic E-state index is 11.6. The number of ether oxygens (including phenoxy) is 3. The summed E-state index contributed by atoms with van der Waals surface area (Å²) in [5.41, 5.74) is 4.61. The summed E-state index contributed by atoms with van der Waals surface area (Å²) < 4.78 is 19.9. The predicted molar refractivity (Wildman–Crippen MR) is 134 cm³/mol. The Labute approximate surface area is 200 Å². The van der Waals surface area contributed by atoms with Crippen molar-refractivity contribution in [3.05, 3.63) is 78.1 Å². The van der Waals surface area contributed by atoms with Gasteiger partial charge in [0.15, 0.2) is 12.4 Å². The minimum atomic E-state index is -0.232. The summed E-state index contributed by atoms with van der Waals surface area (Å²) in [4.78, 5) is 11.6. The number of aromatic nitrogens is 2. The molecule has 6 heteroatoms. The zero-order chi connectivity index (χ0) is 23.8. The number of benzene rings is 2. The molecule has 0 unspecified atom stereocenters. The quantitative estimate of drug-likeness (QED) is 0.189. The maximum Gasteiger partial charge on any atom is 0.372 e. The molecule has 0 bridgehead atoms. The molecule has 0 N–H and O–H groups in total. The highest BCUT2D eigenvalue weighted by Crippen LogP contribution is 2.30. The third-order valence-electron chi connectivity index (χ3n) is 5.69. The van der Waals surface area contributed by atoms with Gasteiger partial charge in [-0.25, -0.2) is 4.79 Å². The summed E-state index contributed by atoms with van der Waals surface area (Å²) in [6.07, 6.45) is 7.98. The van der Waals surface area contributed by atoms with Crippen LogP contribution in [0.2, 0.25) is 0 Å². The van der Waals surface area contributed by atoms with Gasteiger partial charge in [-0.15, -0.1) is 0 Å². The normalized spacial score (nSPS) is 11.6. The summed E-state index contributed by atoms with van der Waals surface area (Å²) in [5.74, 6) is -0.232. The molecule has 0 aliphatic heterocycles. The van der Waals surface area contributed by atoms with Gasteiger partial charge in [-0.1, -0.05) is 36.4 Å². The molecule has 0 fully saturated rings. The second kappa shape index (κ2) is 11.6. The van der Waals surface area contributed by atoms with E-state index in [0.717, 1.165) is 17.7 Å². The van der Waals surface area contributed by atoms with Gasteiger partial charge in [0, 0.05) is 47.6 Å². The maximum absolute atomic E-state index is 11.6. The lowest BCUT2D eigenvalue weighted by Gasteiger charge is -2.08. The smallest absolute Gasteiger partial charge is 0.372 e. The molecule has 176 valence electrons. The summed E-state index contributed by atoms with van der Waals surface area (Å²) in [5, 5.41) is 2.47. The number of nitrogens with zero attached hydrogens (tertiary/aromatic N) is 2. The van der Waals surface area contributed by atoms with Crippen LogP contribution in [0.1, 0.15) is 18.1 Å². The molecular weight excluding hydrogens is 428 g/mol. The molecule has 0 atom stereocenters. The summed E-state index contributed by atoms with van der Waals surface area (Å²) in [7, 11) is 1.68. The molecule has 2 aromatic heterocycles. The fourth-order valence-corrected chi connectivity index (χ4v) is 4.05. The first-order chi connectivity index (χ1) is 16.7. The molecule has 2 heterocycles. The van der Waals surface area contributed by atoms with Crippen LogP contribution in [-0.2, 0) is 32.1 Å². The summed E-state index contributed by atoms with van der Waals surface area (Å²) in [6, 6.07) is 19.0. The second-order valence-electron chi connectivity index (χ2n) is 7.99. The molecular formula is C28H31N2O4+. The molecule has 0 amide bonds. The Morgan fingerprint density at radius 1 is 0.912 bits per heavy atom. The first kappa shape index (κ1) is 23.7. The van der Waals surface area contributed by atoms with E-state index in [4.69, 9.17) is 14.2 Å². The van der Waals surface area contributed by atoms with Crippen molar-refractivity contribution in [3.63, 3.8) is 0 Å². The number of hydrogen-bond acceptors (Lipinski definition) is 4. The van der Waals surface area contributed by atoms with E-state index in [1.807, 2.05) is 36.0 Å². The van der Waals surface area contributed by atoms with Crippen molar-refractivity contribution in [1.82, 2.24) is 4.57 Å². The monoisotopic (exact) mass is 459 g/mol. The van der Waals surface area contributed by atoms with Crippen LogP contribution in [-0.4, -0.2) is 44.1 Å². The van der Waals surface area contributed by atoms with Crippen LogP contribution in [0.25, 0.3) is 34.0 Å². The van der Waals surface area contributed by atoms with Gasteiger partial charge in [-0.05, 0) is 36.2 Å². The number of hydrogen-bond donors (Lipinski definition) is 0. The van der Waals surface area contributed by atoms with Crippen LogP contribution < -0.4 is 4.57 Å². The van der Waals surface area contributed by atoms with Crippen LogP contribution in [0, 0.1) is 0 Å². The lowest BCUT2D eigenvalue weighted by molar-refractivity contribution is -0.686. The molecule has 4 aromatic rings. The van der Waals surface area contributed by atoms with E-state index >= 15 is 0 Å². The van der Waals surface area contributed by atoms with E-state index in [0.29, 0.717) is 26.4 Å². The molecule has 0 saturated carbocycles. The van der Waals surface area contributed by atoms with Gasteiger partial charge in [-0.2, -0.15) is 4.57 Å². The number of pyridine rings is 1. The van der Waals surface area contributed by atoms with Crippen molar-refractivity contribution in [2.75, 3.05) is 33.5 Å². The van der Waals surface area contributed by atoms with Crippen LogP contribution in [0.15, 0.2) is 67.0 Å². The molecule has 4 rings (SSSR count). The van der Waals surface area contributed by atoms with E-state index in [1.54, 1.807) is 7.11 Å². The third kappa shape index (κ3) is 5.71. The zero-order valence-corrected chi connectivity index (χ0v) is 19.8. The lowest BCUT2D eigenvalue weighted by Crippen LogP contribution is -2.37. The van der Waals surface area contributed by atoms with Crippen LogP contribution in [0.4, 0.5) is 0 Å². The van der Waals surface area contributed by atoms with Crippen molar-refractivity contribution in [3.8, 4) is 0 Å². The van der Waals surface area contributed by atoms with Crippen molar-refractivity contribution in [2.24, 2.45) is 0 Å². The Hall–Kier alpha value is -3.48. The van der Waals surface area contributed by atoms with Crippen LogP contribution in [0.5, 0.6) is 0 Å². The Balaban J connectivity index is 1.52. The van der Waals surface area contributed by atoms with Gasteiger partial charge in [0.05, 0.1) is 26.4 Å². The molecule has 0 saturated heterocycles. The fraction of sp³-hybridized carbons (Fsp3) is 0.286. The number of esters is 1. The van der Waals surface area contributed by atoms with Gasteiger partial charge >= 0.3 is 5.97 Å². The number of carbonyl (C=O) groups excluding carboxylic acids is 1. The Morgan fingerprint density at radius 2 is 1.68 bits per heavy atom. The topological polar surface area (TPSA) is 53.6 Å². The van der Waals surface area contributed by atoms with E-state index in [1.165, 1.54) is 21.8 Å². The van der Waals surface area contributed by atoms with Crippen molar-refractivity contribution in [1.29, 1.82) is 0 Å². The van der Waals surface area contributed by atoms with Crippen molar-refractivity contribution >= 4 is 39.9 Å². The molecule has 0 aliphatic rings. The zero-order valence-electron chi connectivity index (χ0n) is 19.8. The first-order valence-electron chi connectivity index (χ1n) is 11.6. The highest BCUT2D eigenvalue weighted by atomic mass is 16.5. The van der Waals surface area contributed by atoms with Gasteiger partial charge in [0.25, 0.3) is 0 Å². The van der Waals surface area contributed by atoms with E-state index in [9.17, 15) is 4.79 Å². The Bertz CT molecular complexity index is 1280. The number of fused-ring (bicyclic) bond motifs is 3. The molecule has 2 aromatic carbocycles. The van der Waals surface area contributed by atoms with E-state index in [2.05, 4.69) is 59.2 Å². The minimum Gasteiger partial charge on any atom is -0.461 e. The minimum absolute atomic E-state index is 0.218. The standard InChI is InChI=1S/C28H31N2O4/c1-3-34-28(31)21-29-14-12-22(13-15-29)8-9-23-10-11-27-25(20-23)24-6-4-5-7-26(24)30(27)16-17-33-19-18-32-2/h4-15,20H,3,16-19,21H2,1-2H3/q+1. The molecule has 0 radical (unpaired) electrons. The Morgan fingerprint density at radius 3 is 2.47 bits per heavy atom. The van der Waals surface area contributed by atoms with E-state index < -0.39 is 0 Å². The number of para-hydroxylation sites is 1. The largest absolute Gasteiger partial charge is 0.461 e. The average molecular weight is 460 g/mol. The lowest BCUT2D eigenvalue weighted by atomic mass is 10.1. The SMILES string of the molecule is CCOC(=O)C[n+]1ccc(/C=C/c2ccc3c(c2)c2ccccc2n3CCOCCOC)cc1. The van der Waals surface area contributed by atoms with Crippen molar-refractivity contribution in [2.45, 2.75) is 20.0 Å². The number of carbonyl (C=O) groups is 1. The summed E-state index contributed by atoms with van der Waals surface area (Å²) >= 11 is 0. The highest BCUT2D eigenvalue weighted by Gasteiger charge is 2.11. The third-order valence-corrected chi connectivity index (χ3v) is 5.69. The van der Waals surface area contributed by atoms with Crippen LogP contribution >= 0.6 is 0 Å². The van der Waals surface area contributed by atoms with Crippen molar-refractivity contribution < 1.29 is 23.6 Å². The molecule has 0 spiro atoms. The van der Waals surface area contributed by atoms with Gasteiger partial charge in [0.2, 0.25) is 6.54 Å². The summed E-state index contributed by atoms with van der Waals surface area (Å²) in [6.45, 7) is 5.06. The van der Waals surface area contributed by atoms with Crippen LogP contribution in [0.3, 0.4) is 0 Å². The Kier molecular flexibility index (Phi) is 8.07. The van der Waals surface area contributed by atoms with E-state index in [-0.39, 0.29) is 12.5 Å². The molecule has 34 heavy (non-hydrogen) atoms. The molecule has 6 nitrogen and oxygen atoms in total. The molecule has 0 aliphatic carbocycles. The second-order valence-corrected chi connectivity index (χ2v) is 7.99. The fourth-order valence-electron chi connectivity index (χ4n) is 4.05. The number of rotatable bonds is 11. The average Bonchev–Trinajstić information content (AvgIpc) is 3.17. The van der Waals surface area contributed by atoms with Gasteiger partial charge in [-0.3, -0.25) is 0 Å². The number of methoxy groups -OCH3 is 1.